The van der Waals surface area contributed by atoms with E-state index in [0.717, 1.165) is 29.2 Å². The Morgan fingerprint density at radius 3 is 2.12 bits per heavy atom. The van der Waals surface area contributed by atoms with Crippen molar-refractivity contribution in [2.45, 2.75) is 12.8 Å². The van der Waals surface area contributed by atoms with Crippen LogP contribution < -0.4 is 0 Å². The maximum absolute atomic E-state index is 13.1. The van der Waals surface area contributed by atoms with Gasteiger partial charge in [0.15, 0.2) is 0 Å². The van der Waals surface area contributed by atoms with E-state index >= 15 is 0 Å². The van der Waals surface area contributed by atoms with E-state index < -0.39 is 0 Å². The van der Waals surface area contributed by atoms with E-state index in [1.165, 1.54) is 23.1 Å². The molecule has 1 saturated heterocycles. The average molecular weight is 442 g/mol. The Hall–Kier alpha value is -3.80. The number of likely N-dealkylation sites (tertiary alicyclic amines) is 1. The van der Waals surface area contributed by atoms with E-state index in [1.54, 1.807) is 35.2 Å². The predicted octanol–water partition coefficient (Wildman–Crippen LogP) is 4.53. The van der Waals surface area contributed by atoms with Crippen molar-refractivity contribution in [2.75, 3.05) is 19.6 Å². The molecule has 2 aliphatic heterocycles. The highest BCUT2D eigenvalue weighted by Crippen LogP contribution is 2.31. The minimum absolute atomic E-state index is 0.0940. The summed E-state index contributed by atoms with van der Waals surface area (Å²) in [6, 6.07) is 17.0. The molecule has 0 aromatic heterocycles. The van der Waals surface area contributed by atoms with Gasteiger partial charge in [0.1, 0.15) is 5.82 Å². The number of imide groups is 1. The van der Waals surface area contributed by atoms with E-state index in [0.29, 0.717) is 30.8 Å². The van der Waals surface area contributed by atoms with Crippen LogP contribution in [0.15, 0.2) is 66.7 Å². The molecule has 1 fully saturated rings. The topological polar surface area (TPSA) is 57.7 Å². The fourth-order valence-electron chi connectivity index (χ4n) is 4.69. The highest BCUT2D eigenvalue weighted by molar-refractivity contribution is 6.25. The van der Waals surface area contributed by atoms with E-state index in [-0.39, 0.29) is 29.5 Å². The number of nitrogens with zero attached hydrogens (tertiary/aromatic N) is 2. The lowest BCUT2D eigenvalue weighted by Gasteiger charge is -2.35. The molecule has 0 spiro atoms. The third kappa shape index (κ3) is 4.04. The fourth-order valence-corrected chi connectivity index (χ4v) is 4.69. The van der Waals surface area contributed by atoms with Crippen molar-refractivity contribution in [1.82, 2.24) is 9.80 Å². The Morgan fingerprint density at radius 1 is 0.909 bits per heavy atom. The van der Waals surface area contributed by atoms with Crippen LogP contribution in [0.4, 0.5) is 4.39 Å². The number of piperidine rings is 1. The van der Waals surface area contributed by atoms with Gasteiger partial charge in [-0.05, 0) is 60.1 Å². The lowest BCUT2D eigenvalue weighted by molar-refractivity contribution is -0.127. The van der Waals surface area contributed by atoms with Crippen molar-refractivity contribution in [3.63, 3.8) is 0 Å². The summed E-state index contributed by atoms with van der Waals surface area (Å²) in [5, 5.41) is 1.63. The highest BCUT2D eigenvalue weighted by atomic mass is 19.1. The zero-order valence-corrected chi connectivity index (χ0v) is 18.0. The van der Waals surface area contributed by atoms with Gasteiger partial charge in [0.25, 0.3) is 11.8 Å². The van der Waals surface area contributed by atoms with Crippen molar-refractivity contribution in [2.24, 2.45) is 5.92 Å². The number of carbonyl (C=O) groups excluding carboxylic acids is 3. The molecule has 33 heavy (non-hydrogen) atoms. The van der Waals surface area contributed by atoms with Crippen LogP contribution in [0.3, 0.4) is 0 Å². The molecule has 0 N–H and O–H groups in total. The van der Waals surface area contributed by atoms with Gasteiger partial charge >= 0.3 is 0 Å². The first-order valence-electron chi connectivity index (χ1n) is 11.1. The molecule has 0 bridgehead atoms. The normalized spacial score (nSPS) is 16.8. The molecule has 2 aliphatic rings. The van der Waals surface area contributed by atoms with Crippen LogP contribution in [0.2, 0.25) is 0 Å². The molecule has 0 saturated carbocycles. The SMILES string of the molecule is O=C(C=Cc1ccc(F)cc1)N1CCC(CN2C(=O)c3cccc4cccc(c34)C2=O)CC1. The van der Waals surface area contributed by atoms with Crippen LogP contribution in [-0.2, 0) is 4.79 Å². The Labute approximate surface area is 191 Å². The van der Waals surface area contributed by atoms with Gasteiger partial charge in [-0.15, -0.1) is 0 Å². The third-order valence-electron chi connectivity index (χ3n) is 6.51. The highest BCUT2D eigenvalue weighted by Gasteiger charge is 2.35. The van der Waals surface area contributed by atoms with E-state index in [1.807, 2.05) is 24.3 Å². The first-order chi connectivity index (χ1) is 16.0. The lowest BCUT2D eigenvalue weighted by Crippen LogP contribution is -2.46. The van der Waals surface area contributed by atoms with Gasteiger partial charge in [-0.2, -0.15) is 0 Å². The zero-order chi connectivity index (χ0) is 22.9. The molecule has 6 heteroatoms. The molecule has 0 radical (unpaired) electrons. The first-order valence-corrected chi connectivity index (χ1v) is 11.1. The minimum Gasteiger partial charge on any atom is -0.339 e. The van der Waals surface area contributed by atoms with Gasteiger partial charge in [-0.1, -0.05) is 36.4 Å². The minimum atomic E-state index is -0.314. The van der Waals surface area contributed by atoms with Crippen molar-refractivity contribution >= 4 is 34.6 Å². The van der Waals surface area contributed by atoms with E-state index in [2.05, 4.69) is 0 Å². The average Bonchev–Trinajstić information content (AvgIpc) is 2.85. The smallest absolute Gasteiger partial charge is 0.261 e. The monoisotopic (exact) mass is 442 g/mol. The van der Waals surface area contributed by atoms with E-state index in [9.17, 15) is 18.8 Å². The van der Waals surface area contributed by atoms with Crippen LogP contribution in [0.5, 0.6) is 0 Å². The number of rotatable bonds is 4. The number of hydrogen-bond donors (Lipinski definition) is 0. The largest absolute Gasteiger partial charge is 0.339 e. The molecular formula is C27H23FN2O3. The summed E-state index contributed by atoms with van der Waals surface area (Å²) < 4.78 is 13.0. The van der Waals surface area contributed by atoms with Gasteiger partial charge in [-0.3, -0.25) is 19.3 Å². The van der Waals surface area contributed by atoms with Crippen molar-refractivity contribution in [3.05, 3.63) is 89.2 Å². The van der Waals surface area contributed by atoms with Gasteiger partial charge in [0.05, 0.1) is 0 Å². The van der Waals surface area contributed by atoms with Crippen LogP contribution in [0, 0.1) is 11.7 Å². The molecule has 2 heterocycles. The number of amides is 3. The molecule has 166 valence electrons. The van der Waals surface area contributed by atoms with Crippen molar-refractivity contribution < 1.29 is 18.8 Å². The van der Waals surface area contributed by atoms with Gasteiger partial charge in [0, 0.05) is 42.2 Å². The second-order valence-electron chi connectivity index (χ2n) is 8.58. The van der Waals surface area contributed by atoms with Gasteiger partial charge in [0.2, 0.25) is 5.91 Å². The maximum Gasteiger partial charge on any atom is 0.261 e. The third-order valence-corrected chi connectivity index (χ3v) is 6.51. The molecule has 0 aliphatic carbocycles. The Balaban J connectivity index is 1.22. The molecule has 5 rings (SSSR count). The number of halogens is 1. The summed E-state index contributed by atoms with van der Waals surface area (Å²) in [6.07, 6.45) is 4.62. The second kappa shape index (κ2) is 8.62. The van der Waals surface area contributed by atoms with Crippen LogP contribution >= 0.6 is 0 Å². The molecule has 0 unspecified atom stereocenters. The van der Waals surface area contributed by atoms with Gasteiger partial charge < -0.3 is 4.90 Å². The molecular weight excluding hydrogens is 419 g/mol. The molecule has 0 atom stereocenters. The van der Waals surface area contributed by atoms with Crippen molar-refractivity contribution in [3.8, 4) is 0 Å². The Morgan fingerprint density at radius 2 is 1.52 bits per heavy atom. The predicted molar refractivity (Wildman–Crippen MR) is 124 cm³/mol. The summed E-state index contributed by atoms with van der Waals surface area (Å²) in [5.41, 5.74) is 1.90. The van der Waals surface area contributed by atoms with Gasteiger partial charge in [-0.25, -0.2) is 4.39 Å². The molecule has 3 aromatic carbocycles. The standard InChI is InChI=1S/C27H23FN2O3/c28-21-10-7-18(8-11-21)9-12-24(31)29-15-13-19(14-16-29)17-30-26(32)22-5-1-3-20-4-2-6-23(25(20)22)27(30)33/h1-12,19H,13-17H2. The summed E-state index contributed by atoms with van der Waals surface area (Å²) >= 11 is 0. The number of carbonyl (C=O) groups is 3. The van der Waals surface area contributed by atoms with Crippen LogP contribution in [-0.4, -0.2) is 47.2 Å². The van der Waals surface area contributed by atoms with Crippen LogP contribution in [0.1, 0.15) is 39.1 Å². The molecule has 5 nitrogen and oxygen atoms in total. The van der Waals surface area contributed by atoms with Crippen molar-refractivity contribution in [1.29, 1.82) is 0 Å². The number of benzene rings is 3. The lowest BCUT2D eigenvalue weighted by atomic mass is 9.91. The van der Waals surface area contributed by atoms with E-state index in [4.69, 9.17) is 0 Å². The second-order valence-corrected chi connectivity index (χ2v) is 8.58. The summed E-state index contributed by atoms with van der Waals surface area (Å²) in [7, 11) is 0. The quantitative estimate of drug-likeness (QED) is 0.441. The Bertz CT molecular complexity index is 1220. The summed E-state index contributed by atoms with van der Waals surface area (Å²) in [6.45, 7) is 1.50. The molecule has 3 amide bonds. The molecule has 3 aromatic rings. The summed E-state index contributed by atoms with van der Waals surface area (Å²) in [5.74, 6) is -0.752. The summed E-state index contributed by atoms with van der Waals surface area (Å²) in [4.78, 5) is 41.9. The Kier molecular flexibility index (Phi) is 5.50. The number of hydrogen-bond acceptors (Lipinski definition) is 3. The first kappa shape index (κ1) is 21.1. The maximum atomic E-state index is 13.1. The van der Waals surface area contributed by atoms with Crippen LogP contribution in [0.25, 0.3) is 16.8 Å². The fraction of sp³-hybridized carbons (Fsp3) is 0.222. The zero-order valence-electron chi connectivity index (χ0n) is 18.0.